The van der Waals surface area contributed by atoms with Crippen molar-refractivity contribution in [3.8, 4) is 5.75 Å². The highest BCUT2D eigenvalue weighted by molar-refractivity contribution is 6.00. The number of esters is 3. The Morgan fingerprint density at radius 3 is 0.930 bits per heavy atom. The molecule has 4 fully saturated rings. The Morgan fingerprint density at radius 2 is 0.613 bits per heavy atom. The molecule has 1 aromatic carbocycles. The van der Waals surface area contributed by atoms with Gasteiger partial charge in [0.2, 0.25) is 65.0 Å². The summed E-state index contributed by atoms with van der Waals surface area (Å²) < 4.78 is 72.2. The summed E-state index contributed by atoms with van der Waals surface area (Å²) in [4.78, 5) is 219. The van der Waals surface area contributed by atoms with Gasteiger partial charge in [-0.1, -0.05) is 62.3 Å². The fourth-order valence-corrected chi connectivity index (χ4v) is 17.7. The lowest BCUT2D eigenvalue weighted by Crippen LogP contribution is -2.61. The number of carbonyl (C=O) groups excluding carboxylic acids is 16. The molecule has 0 bridgehead atoms. The van der Waals surface area contributed by atoms with Crippen LogP contribution in [-0.2, 0) is 124 Å². The van der Waals surface area contributed by atoms with Crippen molar-refractivity contribution >= 4 is 101 Å². The van der Waals surface area contributed by atoms with Crippen LogP contribution in [0.2, 0.25) is 0 Å². The Kier molecular flexibility index (Phi) is 57.3. The van der Waals surface area contributed by atoms with E-state index in [0.29, 0.717) is 109 Å². The molecule has 0 aromatic heterocycles. The van der Waals surface area contributed by atoms with Crippen LogP contribution >= 0.6 is 0 Å². The number of amides is 13. The maximum Gasteiger partial charge on any atom is 0.303 e. The maximum absolute atomic E-state index is 14.2. The van der Waals surface area contributed by atoms with E-state index in [-0.39, 0.29) is 230 Å². The summed E-state index contributed by atoms with van der Waals surface area (Å²) in [6.07, 6.45) is 1.79. The lowest BCUT2D eigenvalue weighted by molar-refractivity contribution is -0.256. The monoisotopic (exact) mass is 2010 g/mol. The van der Waals surface area contributed by atoms with Crippen LogP contribution in [0.5, 0.6) is 5.75 Å². The molecule has 4 aliphatic heterocycles. The number of carboxylic acid groups (broad SMARTS) is 1. The van der Waals surface area contributed by atoms with Gasteiger partial charge in [-0.05, 0) is 158 Å². The van der Waals surface area contributed by atoms with Gasteiger partial charge in [-0.15, -0.1) is 0 Å². The van der Waals surface area contributed by atoms with E-state index in [9.17, 15) is 81.5 Å². The molecule has 4 heterocycles. The predicted molar refractivity (Wildman–Crippen MR) is 517 cm³/mol. The molecule has 43 heteroatoms. The molecule has 5 rings (SSSR count). The number of benzene rings is 1. The number of rotatable bonds is 66. The average molecular weight is 2020 g/mol. The minimum Gasteiger partial charge on any atom is -0.492 e. The van der Waals surface area contributed by atoms with Crippen LogP contribution in [0, 0.1) is 29.6 Å². The number of ether oxygens (including phenoxy) is 12. The van der Waals surface area contributed by atoms with Crippen molar-refractivity contribution < 1.29 is 143 Å². The fourth-order valence-electron chi connectivity index (χ4n) is 17.7. The van der Waals surface area contributed by atoms with Crippen molar-refractivity contribution in [2.24, 2.45) is 29.6 Å². The highest BCUT2D eigenvalue weighted by Gasteiger charge is 2.50. The number of hydrogen-bond acceptors (Lipinski definition) is 29. The molecule has 0 spiro atoms. The Bertz CT molecular complexity index is 4150. The first-order valence-corrected chi connectivity index (χ1v) is 50.9. The zero-order valence-corrected chi connectivity index (χ0v) is 86.1. The van der Waals surface area contributed by atoms with Crippen LogP contribution in [0.25, 0.3) is 0 Å². The number of unbranched alkanes of at least 4 members (excludes halogenated alkanes) is 7. The molecule has 142 heavy (non-hydrogen) atoms. The molecule has 0 aliphatic carbocycles. The average Bonchev–Trinajstić information content (AvgIpc) is 0.806. The Balaban J connectivity index is 1.23. The second-order valence-corrected chi connectivity index (χ2v) is 37.1. The Hall–Kier alpha value is -10.3. The van der Waals surface area contributed by atoms with Gasteiger partial charge in [0.15, 0.2) is 25.2 Å². The molecule has 43 nitrogen and oxygen atoms in total. The van der Waals surface area contributed by atoms with Crippen LogP contribution in [0.3, 0.4) is 0 Å². The molecule has 0 saturated carbocycles. The van der Waals surface area contributed by atoms with Gasteiger partial charge in [-0.25, -0.2) is 0 Å². The van der Waals surface area contributed by atoms with E-state index in [1.807, 2.05) is 48.5 Å². The standard InChI is InChI=1S/C99H163N13O30/c1-17-75-58(5)59(6)85(107-63(10)113)96(139-75)132-52-33-27-40-82(123)111-73(35-23-29-43-100-79(120)38-25-31-50-133-97-86(108-64(11)114)60(7)89(136-67(14)117)76(18-2)140-97)94(129)105-47-45-103-92(127)70-55-71(57-72(56-70)131-54-49-102-81(122)37-21-22-42-84(125)126)93(128)104-46-48-106-95(130)74(112-83(124)41-28-34-53-135-99-88(110-66(13)116)62(9)91(138-69(16)119)78(20-4)142-99)36-24-30-44-101-80(121)39-26-32-51-134-98-87(109-65(12)115)61(8)90(137-68(15)118)77(19-3)141-98/h55-62,73-78,85-91,96-99H,17-54H2,1-16H3,(H,100,120)(H,101,121)(H,102,122)(H,103,127)(H,104,128)(H,105,129)(H,106,130)(H,107,113)(H,108,114)(H,109,115)(H,110,116)(H,111,123)(H,112,124)(H,125,126)/t58?,59?,60?,61?,62?,73-,74-,75?,76?,77?,78?,85?,86?,87?,88?,89?,90?,91?,96?,97?,98?,99?/m0/s1. The highest BCUT2D eigenvalue weighted by atomic mass is 16.7. The molecule has 4 aliphatic rings. The molecule has 20 unspecified atom stereocenters. The van der Waals surface area contributed by atoms with Crippen molar-refractivity contribution in [3.05, 3.63) is 29.3 Å². The molecule has 0 radical (unpaired) electrons. The highest BCUT2D eigenvalue weighted by Crippen LogP contribution is 2.37. The van der Waals surface area contributed by atoms with Crippen LogP contribution in [0.4, 0.5) is 0 Å². The van der Waals surface area contributed by atoms with Gasteiger partial charge < -0.3 is 131 Å². The van der Waals surface area contributed by atoms with Crippen molar-refractivity contribution in [2.45, 2.75) is 382 Å². The van der Waals surface area contributed by atoms with Crippen molar-refractivity contribution in [1.82, 2.24) is 69.1 Å². The third-order valence-electron chi connectivity index (χ3n) is 25.4. The summed E-state index contributed by atoms with van der Waals surface area (Å²) in [5.74, 6) is -8.63. The largest absolute Gasteiger partial charge is 0.492 e. The first-order valence-electron chi connectivity index (χ1n) is 50.9. The van der Waals surface area contributed by atoms with E-state index >= 15 is 0 Å². The molecule has 14 N–H and O–H groups in total. The van der Waals surface area contributed by atoms with Crippen molar-refractivity contribution in [2.75, 3.05) is 78.8 Å². The maximum atomic E-state index is 14.2. The molecule has 804 valence electrons. The lowest BCUT2D eigenvalue weighted by atomic mass is 9.81. The number of carboxylic acids is 1. The molecule has 1 aromatic rings. The second-order valence-electron chi connectivity index (χ2n) is 37.1. The van der Waals surface area contributed by atoms with Crippen molar-refractivity contribution in [1.29, 1.82) is 0 Å². The number of carbonyl (C=O) groups is 17. The van der Waals surface area contributed by atoms with Crippen LogP contribution in [0.15, 0.2) is 18.2 Å². The molecular formula is C99H163N13O30. The molecule has 4 saturated heterocycles. The zero-order chi connectivity index (χ0) is 105. The summed E-state index contributed by atoms with van der Waals surface area (Å²) in [6, 6.07) is -0.378. The van der Waals surface area contributed by atoms with Gasteiger partial charge in [-0.3, -0.25) is 81.5 Å². The number of hydrogen-bond donors (Lipinski definition) is 14. The normalized spacial score (nSPS) is 24.5. The van der Waals surface area contributed by atoms with E-state index < -0.39 is 151 Å². The van der Waals surface area contributed by atoms with Gasteiger partial charge in [0.25, 0.3) is 11.8 Å². The van der Waals surface area contributed by atoms with Gasteiger partial charge in [0.1, 0.15) is 42.8 Å². The molecular weight excluding hydrogens is 1850 g/mol. The summed E-state index contributed by atoms with van der Waals surface area (Å²) in [7, 11) is 0. The second kappa shape index (κ2) is 66.6. The van der Waals surface area contributed by atoms with E-state index in [0.717, 1.165) is 6.42 Å². The van der Waals surface area contributed by atoms with Gasteiger partial charge in [-0.2, -0.15) is 0 Å². The van der Waals surface area contributed by atoms with Gasteiger partial charge >= 0.3 is 23.9 Å². The third-order valence-corrected chi connectivity index (χ3v) is 25.4. The quantitative estimate of drug-likeness (QED) is 0.0222. The Labute approximate surface area is 834 Å². The van der Waals surface area contributed by atoms with Crippen LogP contribution in [-0.4, -0.2) is 289 Å². The lowest BCUT2D eigenvalue weighted by Gasteiger charge is -2.44. The summed E-state index contributed by atoms with van der Waals surface area (Å²) in [5, 5.41) is 45.9. The summed E-state index contributed by atoms with van der Waals surface area (Å²) in [6.45, 7) is 27.3. The van der Waals surface area contributed by atoms with E-state index in [1.165, 1.54) is 66.7 Å². The first kappa shape index (κ1) is 122. The summed E-state index contributed by atoms with van der Waals surface area (Å²) in [5.41, 5.74) is -0.123. The van der Waals surface area contributed by atoms with Crippen molar-refractivity contribution in [3.63, 3.8) is 0 Å². The minimum absolute atomic E-state index is 0.0139. The van der Waals surface area contributed by atoms with E-state index in [2.05, 4.69) is 83.0 Å². The summed E-state index contributed by atoms with van der Waals surface area (Å²) >= 11 is 0. The predicted octanol–water partition coefficient (Wildman–Crippen LogP) is 5.34. The zero-order valence-electron chi connectivity index (χ0n) is 86.1. The van der Waals surface area contributed by atoms with Crippen LogP contribution < -0.4 is 73.9 Å². The van der Waals surface area contributed by atoms with Gasteiger partial charge in [0.05, 0.1) is 55.1 Å². The van der Waals surface area contributed by atoms with E-state index in [1.54, 1.807) is 0 Å². The molecule has 22 atom stereocenters. The van der Waals surface area contributed by atoms with E-state index in [4.69, 9.17) is 61.9 Å². The molecule has 13 amide bonds. The number of aliphatic carboxylic acids is 1. The van der Waals surface area contributed by atoms with Crippen LogP contribution in [0.1, 0.15) is 298 Å². The fraction of sp³-hybridized carbons (Fsp3) is 0.768. The first-order chi connectivity index (χ1) is 67.7. The topological polar surface area (TPSA) is 578 Å². The minimum atomic E-state index is -1.08. The smallest absolute Gasteiger partial charge is 0.303 e. The SMILES string of the molecule is CCC1OC(OCCCCC(=O)N[C@@H](CCCCNC(=O)CCCCOC2OC(CC)C(OC(C)=O)C(C)C2NC(C)=O)C(=O)NCCNC(=O)c2cc(OCCNC(=O)CCCCC(=O)O)cc(C(=O)NCCNC(=O)[C@H](CCCCNC(=O)CCCCOC3OC(CC)C(OC(C)=O)C(C)C3NC(C)=O)NC(=O)CCCCOC3OC(CC)C(OC(C)=O)C(C)C3NC(C)=O)c2)C(NC(C)=O)C(C)C1C. The number of nitrogens with one attached hydrogen (secondary N) is 13. The Morgan fingerprint density at radius 1 is 0.317 bits per heavy atom. The van der Waals surface area contributed by atoms with Gasteiger partial charge in [0, 0.05) is 182 Å². The third kappa shape index (κ3) is 45.3.